The SMILES string of the molecule is COC(=O)CNc1c(N)cccc1Cl. The van der Waals surface area contributed by atoms with Crippen molar-refractivity contribution in [3.8, 4) is 0 Å². The number of hydrogen-bond donors (Lipinski definition) is 2. The second-order valence-corrected chi connectivity index (χ2v) is 3.04. The summed E-state index contributed by atoms with van der Waals surface area (Å²) >= 11 is 5.86. The quantitative estimate of drug-likeness (QED) is 0.591. The van der Waals surface area contributed by atoms with E-state index in [0.717, 1.165) is 0 Å². The van der Waals surface area contributed by atoms with Gasteiger partial charge in [-0.3, -0.25) is 4.79 Å². The lowest BCUT2D eigenvalue weighted by Gasteiger charge is -2.09. The lowest BCUT2D eigenvalue weighted by Crippen LogP contribution is -2.15. The zero-order valence-electron chi connectivity index (χ0n) is 7.71. The molecule has 0 spiro atoms. The van der Waals surface area contributed by atoms with E-state index in [9.17, 15) is 4.79 Å². The standard InChI is InChI=1S/C9H11ClN2O2/c1-14-8(13)5-12-9-6(10)3-2-4-7(9)11/h2-4,12H,5,11H2,1H3. The summed E-state index contributed by atoms with van der Waals surface area (Å²) in [6.45, 7) is 0.0461. The number of methoxy groups -OCH3 is 1. The van der Waals surface area contributed by atoms with Crippen LogP contribution in [0.25, 0.3) is 0 Å². The molecule has 0 aliphatic rings. The van der Waals surface area contributed by atoms with Gasteiger partial charge < -0.3 is 15.8 Å². The number of anilines is 2. The zero-order valence-corrected chi connectivity index (χ0v) is 8.47. The maximum atomic E-state index is 10.8. The van der Waals surface area contributed by atoms with Gasteiger partial charge in [0, 0.05) is 0 Å². The van der Waals surface area contributed by atoms with E-state index in [2.05, 4.69) is 10.1 Å². The molecular weight excluding hydrogens is 204 g/mol. The zero-order chi connectivity index (χ0) is 10.6. The maximum Gasteiger partial charge on any atom is 0.325 e. The van der Waals surface area contributed by atoms with Crippen LogP contribution in [0.15, 0.2) is 18.2 Å². The van der Waals surface area contributed by atoms with E-state index < -0.39 is 0 Å². The van der Waals surface area contributed by atoms with Crippen molar-refractivity contribution in [2.24, 2.45) is 0 Å². The van der Waals surface area contributed by atoms with Crippen LogP contribution >= 0.6 is 11.6 Å². The highest BCUT2D eigenvalue weighted by atomic mass is 35.5. The molecule has 0 amide bonds. The molecule has 1 aromatic rings. The molecule has 0 bridgehead atoms. The Hall–Kier alpha value is -1.42. The number of nitrogen functional groups attached to an aromatic ring is 1. The minimum atomic E-state index is -0.371. The Morgan fingerprint density at radius 2 is 2.36 bits per heavy atom. The van der Waals surface area contributed by atoms with E-state index in [1.165, 1.54) is 7.11 Å². The summed E-state index contributed by atoms with van der Waals surface area (Å²) < 4.78 is 4.47. The van der Waals surface area contributed by atoms with Gasteiger partial charge in [-0.15, -0.1) is 0 Å². The molecule has 0 atom stereocenters. The number of para-hydroxylation sites is 1. The fourth-order valence-electron chi connectivity index (χ4n) is 0.960. The molecular formula is C9H11ClN2O2. The van der Waals surface area contributed by atoms with Crippen molar-refractivity contribution >= 4 is 28.9 Å². The normalized spacial score (nSPS) is 9.57. The van der Waals surface area contributed by atoms with E-state index >= 15 is 0 Å². The van der Waals surface area contributed by atoms with E-state index in [0.29, 0.717) is 16.4 Å². The predicted molar refractivity (Wildman–Crippen MR) is 56.4 cm³/mol. The Balaban J connectivity index is 2.71. The molecule has 4 nitrogen and oxygen atoms in total. The van der Waals surface area contributed by atoms with Crippen molar-refractivity contribution < 1.29 is 9.53 Å². The van der Waals surface area contributed by atoms with Crippen LogP contribution in [-0.4, -0.2) is 19.6 Å². The van der Waals surface area contributed by atoms with Gasteiger partial charge in [0.05, 0.1) is 23.5 Å². The number of benzene rings is 1. The summed E-state index contributed by atoms with van der Waals surface area (Å²) in [7, 11) is 1.32. The molecule has 0 radical (unpaired) electrons. The van der Waals surface area contributed by atoms with Gasteiger partial charge in [-0.05, 0) is 12.1 Å². The van der Waals surface area contributed by atoms with Crippen molar-refractivity contribution in [1.82, 2.24) is 0 Å². The summed E-state index contributed by atoms with van der Waals surface area (Å²) in [6, 6.07) is 5.13. The van der Waals surface area contributed by atoms with Crippen LogP contribution in [-0.2, 0) is 9.53 Å². The molecule has 0 heterocycles. The topological polar surface area (TPSA) is 64.3 Å². The van der Waals surface area contributed by atoms with Gasteiger partial charge in [0.15, 0.2) is 0 Å². The highest BCUT2D eigenvalue weighted by molar-refractivity contribution is 6.33. The first-order valence-corrected chi connectivity index (χ1v) is 4.37. The number of hydrogen-bond acceptors (Lipinski definition) is 4. The molecule has 5 heteroatoms. The molecule has 0 saturated carbocycles. The van der Waals surface area contributed by atoms with Gasteiger partial charge in [-0.25, -0.2) is 0 Å². The monoisotopic (exact) mass is 214 g/mol. The van der Waals surface area contributed by atoms with Crippen LogP contribution < -0.4 is 11.1 Å². The number of rotatable bonds is 3. The third kappa shape index (κ3) is 2.53. The van der Waals surface area contributed by atoms with Gasteiger partial charge in [-0.2, -0.15) is 0 Å². The summed E-state index contributed by atoms with van der Waals surface area (Å²) in [6.07, 6.45) is 0. The third-order valence-electron chi connectivity index (χ3n) is 1.68. The number of nitrogens with one attached hydrogen (secondary N) is 1. The van der Waals surface area contributed by atoms with E-state index in [1.807, 2.05) is 0 Å². The molecule has 1 aromatic carbocycles. The molecule has 14 heavy (non-hydrogen) atoms. The van der Waals surface area contributed by atoms with Crippen LogP contribution in [0.2, 0.25) is 5.02 Å². The molecule has 0 unspecified atom stereocenters. The maximum absolute atomic E-state index is 10.8. The van der Waals surface area contributed by atoms with Crippen LogP contribution in [0.4, 0.5) is 11.4 Å². The number of esters is 1. The number of ether oxygens (including phenoxy) is 1. The summed E-state index contributed by atoms with van der Waals surface area (Å²) in [4.78, 5) is 10.8. The largest absolute Gasteiger partial charge is 0.468 e. The summed E-state index contributed by atoms with van der Waals surface area (Å²) in [5, 5.41) is 3.28. The molecule has 76 valence electrons. The Bertz CT molecular complexity index is 321. The first-order valence-electron chi connectivity index (χ1n) is 4.00. The lowest BCUT2D eigenvalue weighted by molar-refractivity contribution is -0.138. The van der Waals surface area contributed by atoms with E-state index in [1.54, 1.807) is 18.2 Å². The minimum Gasteiger partial charge on any atom is -0.468 e. The summed E-state index contributed by atoms with van der Waals surface area (Å²) in [5.74, 6) is -0.371. The number of halogens is 1. The fourth-order valence-corrected chi connectivity index (χ4v) is 1.21. The number of carbonyl (C=O) groups is 1. The van der Waals surface area contributed by atoms with E-state index in [-0.39, 0.29) is 12.5 Å². The number of carbonyl (C=O) groups excluding carboxylic acids is 1. The average Bonchev–Trinajstić information content (AvgIpc) is 2.16. The van der Waals surface area contributed by atoms with Crippen molar-refractivity contribution in [3.63, 3.8) is 0 Å². The first kappa shape index (κ1) is 10.7. The molecule has 0 fully saturated rings. The molecule has 3 N–H and O–H groups in total. The van der Waals surface area contributed by atoms with Crippen molar-refractivity contribution in [2.75, 3.05) is 24.7 Å². The first-order chi connectivity index (χ1) is 6.65. The Labute approximate surface area is 87.0 Å². The predicted octanol–water partition coefficient (Wildman–Crippen LogP) is 1.51. The lowest BCUT2D eigenvalue weighted by atomic mass is 10.2. The van der Waals surface area contributed by atoms with Gasteiger partial charge in [0.25, 0.3) is 0 Å². The van der Waals surface area contributed by atoms with Gasteiger partial charge in [0.1, 0.15) is 6.54 Å². The highest BCUT2D eigenvalue weighted by Gasteiger charge is 2.05. The fraction of sp³-hybridized carbons (Fsp3) is 0.222. The van der Waals surface area contributed by atoms with Crippen LogP contribution in [0.1, 0.15) is 0 Å². The smallest absolute Gasteiger partial charge is 0.325 e. The molecule has 0 aliphatic heterocycles. The Morgan fingerprint density at radius 1 is 1.64 bits per heavy atom. The van der Waals surface area contributed by atoms with Crippen LogP contribution in [0, 0.1) is 0 Å². The van der Waals surface area contributed by atoms with Crippen molar-refractivity contribution in [2.45, 2.75) is 0 Å². The minimum absolute atomic E-state index is 0.0461. The second-order valence-electron chi connectivity index (χ2n) is 2.63. The van der Waals surface area contributed by atoms with E-state index in [4.69, 9.17) is 17.3 Å². The van der Waals surface area contributed by atoms with Gasteiger partial charge in [0.2, 0.25) is 0 Å². The Kier molecular flexibility index (Phi) is 3.59. The third-order valence-corrected chi connectivity index (χ3v) is 2.00. The molecule has 0 saturated heterocycles. The van der Waals surface area contributed by atoms with Crippen molar-refractivity contribution in [3.05, 3.63) is 23.2 Å². The highest BCUT2D eigenvalue weighted by Crippen LogP contribution is 2.27. The van der Waals surface area contributed by atoms with Crippen molar-refractivity contribution in [1.29, 1.82) is 0 Å². The average molecular weight is 215 g/mol. The van der Waals surface area contributed by atoms with Crippen LogP contribution in [0.5, 0.6) is 0 Å². The van der Waals surface area contributed by atoms with Crippen LogP contribution in [0.3, 0.4) is 0 Å². The molecule has 1 rings (SSSR count). The van der Waals surface area contributed by atoms with Gasteiger partial charge >= 0.3 is 5.97 Å². The summed E-state index contributed by atoms with van der Waals surface area (Å²) in [5.41, 5.74) is 6.71. The number of nitrogens with two attached hydrogens (primary N) is 1. The second kappa shape index (κ2) is 4.72. The molecule has 0 aromatic heterocycles. The Morgan fingerprint density at radius 3 is 2.93 bits per heavy atom. The molecule has 0 aliphatic carbocycles. The van der Waals surface area contributed by atoms with Gasteiger partial charge in [-0.1, -0.05) is 17.7 Å².